The molecule has 0 aromatic carbocycles. The summed E-state index contributed by atoms with van der Waals surface area (Å²) in [4.78, 5) is 22.3. The topological polar surface area (TPSA) is 72.2 Å². The van der Waals surface area contributed by atoms with Gasteiger partial charge in [-0.3, -0.25) is 9.59 Å². The molecule has 1 rings (SSSR count). The van der Waals surface area contributed by atoms with E-state index in [-0.39, 0.29) is 11.9 Å². The fourth-order valence-electron chi connectivity index (χ4n) is 1.09. The van der Waals surface area contributed by atoms with Crippen LogP contribution in [0.15, 0.2) is 0 Å². The highest BCUT2D eigenvalue weighted by atomic mass is 16.2. The van der Waals surface area contributed by atoms with E-state index in [1.807, 2.05) is 0 Å². The van der Waals surface area contributed by atoms with Crippen LogP contribution in [-0.2, 0) is 9.59 Å². The SMILES string of the molecule is C#CC(C)NC(=O)C1(C(N)=O)CC1. The van der Waals surface area contributed by atoms with E-state index in [9.17, 15) is 9.59 Å². The van der Waals surface area contributed by atoms with Crippen LogP contribution in [0.3, 0.4) is 0 Å². The third kappa shape index (κ3) is 1.64. The van der Waals surface area contributed by atoms with Gasteiger partial charge in [-0.2, -0.15) is 0 Å². The molecule has 0 saturated heterocycles. The van der Waals surface area contributed by atoms with Crippen molar-refractivity contribution >= 4 is 11.8 Å². The van der Waals surface area contributed by atoms with Crippen LogP contribution in [0.1, 0.15) is 19.8 Å². The standard InChI is InChI=1S/C9H12N2O2/c1-3-6(2)11-8(13)9(4-5-9)7(10)12/h1,6H,4-5H2,2H3,(H2,10,12)(H,11,13). The Bertz CT molecular complexity index is 286. The van der Waals surface area contributed by atoms with Gasteiger partial charge in [0.2, 0.25) is 11.8 Å². The quantitative estimate of drug-likeness (QED) is 0.449. The van der Waals surface area contributed by atoms with Crippen molar-refractivity contribution < 1.29 is 9.59 Å². The van der Waals surface area contributed by atoms with Crippen molar-refractivity contribution in [1.29, 1.82) is 0 Å². The summed E-state index contributed by atoms with van der Waals surface area (Å²) in [6.07, 6.45) is 6.15. The molecule has 4 nitrogen and oxygen atoms in total. The summed E-state index contributed by atoms with van der Waals surface area (Å²) in [5.41, 5.74) is 4.13. The Morgan fingerprint density at radius 1 is 1.62 bits per heavy atom. The monoisotopic (exact) mass is 180 g/mol. The zero-order valence-electron chi connectivity index (χ0n) is 7.46. The van der Waals surface area contributed by atoms with E-state index in [4.69, 9.17) is 12.2 Å². The van der Waals surface area contributed by atoms with Crippen LogP contribution in [0.4, 0.5) is 0 Å². The van der Waals surface area contributed by atoms with Gasteiger partial charge in [0.15, 0.2) is 0 Å². The average molecular weight is 180 g/mol. The third-order valence-corrected chi connectivity index (χ3v) is 2.25. The molecule has 13 heavy (non-hydrogen) atoms. The maximum absolute atomic E-state index is 11.4. The maximum Gasteiger partial charge on any atom is 0.236 e. The number of nitrogens with two attached hydrogens (primary N) is 1. The predicted octanol–water partition coefficient (Wildman–Crippen LogP) is -0.610. The summed E-state index contributed by atoms with van der Waals surface area (Å²) in [5, 5.41) is 2.54. The van der Waals surface area contributed by atoms with E-state index < -0.39 is 11.3 Å². The Balaban J connectivity index is 2.60. The lowest BCUT2D eigenvalue weighted by atomic mass is 10.1. The average Bonchev–Trinajstić information content (AvgIpc) is 2.83. The number of primary amides is 1. The summed E-state index contributed by atoms with van der Waals surface area (Å²) in [5.74, 6) is 1.45. The highest BCUT2D eigenvalue weighted by Crippen LogP contribution is 2.45. The van der Waals surface area contributed by atoms with E-state index >= 15 is 0 Å². The first-order valence-corrected chi connectivity index (χ1v) is 4.10. The predicted molar refractivity (Wildman–Crippen MR) is 47.3 cm³/mol. The number of carbonyl (C=O) groups is 2. The fraction of sp³-hybridized carbons (Fsp3) is 0.556. The molecule has 0 aromatic rings. The lowest BCUT2D eigenvalue weighted by Crippen LogP contribution is -2.43. The van der Waals surface area contributed by atoms with E-state index in [2.05, 4.69) is 11.2 Å². The van der Waals surface area contributed by atoms with Crippen LogP contribution >= 0.6 is 0 Å². The summed E-state index contributed by atoms with van der Waals surface area (Å²) in [7, 11) is 0. The van der Waals surface area contributed by atoms with E-state index in [0.717, 1.165) is 0 Å². The smallest absolute Gasteiger partial charge is 0.236 e. The van der Waals surface area contributed by atoms with Gasteiger partial charge in [0, 0.05) is 0 Å². The highest BCUT2D eigenvalue weighted by molar-refractivity contribution is 6.07. The van der Waals surface area contributed by atoms with Gasteiger partial charge in [-0.15, -0.1) is 6.42 Å². The van der Waals surface area contributed by atoms with Crippen molar-refractivity contribution in [2.45, 2.75) is 25.8 Å². The zero-order valence-corrected chi connectivity index (χ0v) is 7.46. The first-order valence-electron chi connectivity index (χ1n) is 4.10. The minimum atomic E-state index is -0.967. The highest BCUT2D eigenvalue weighted by Gasteiger charge is 2.55. The molecule has 1 aliphatic rings. The molecule has 1 saturated carbocycles. The van der Waals surface area contributed by atoms with Crippen LogP contribution in [0.2, 0.25) is 0 Å². The molecule has 1 atom stereocenters. The second-order valence-corrected chi connectivity index (χ2v) is 3.31. The van der Waals surface area contributed by atoms with Crippen LogP contribution in [0.25, 0.3) is 0 Å². The summed E-state index contributed by atoms with van der Waals surface area (Å²) < 4.78 is 0. The van der Waals surface area contributed by atoms with Gasteiger partial charge in [0.05, 0.1) is 6.04 Å². The summed E-state index contributed by atoms with van der Waals surface area (Å²) in [6, 6.07) is -0.357. The van der Waals surface area contributed by atoms with E-state index in [1.165, 1.54) is 0 Å². The molecule has 0 spiro atoms. The molecule has 0 aromatic heterocycles. The maximum atomic E-state index is 11.4. The number of nitrogens with one attached hydrogen (secondary N) is 1. The van der Waals surface area contributed by atoms with Gasteiger partial charge in [0.1, 0.15) is 5.41 Å². The number of carbonyl (C=O) groups excluding carboxylic acids is 2. The molecule has 0 bridgehead atoms. The van der Waals surface area contributed by atoms with Crippen LogP contribution in [-0.4, -0.2) is 17.9 Å². The second kappa shape index (κ2) is 3.09. The third-order valence-electron chi connectivity index (χ3n) is 2.25. The van der Waals surface area contributed by atoms with E-state index in [0.29, 0.717) is 12.8 Å². The second-order valence-electron chi connectivity index (χ2n) is 3.31. The van der Waals surface area contributed by atoms with Crippen molar-refractivity contribution in [2.24, 2.45) is 11.1 Å². The molecule has 70 valence electrons. The Labute approximate surface area is 76.9 Å². The number of hydrogen-bond donors (Lipinski definition) is 2. The van der Waals surface area contributed by atoms with Crippen molar-refractivity contribution in [3.05, 3.63) is 0 Å². The first kappa shape index (κ1) is 9.59. The molecule has 0 heterocycles. The van der Waals surface area contributed by atoms with Crippen molar-refractivity contribution in [1.82, 2.24) is 5.32 Å². The Kier molecular flexibility index (Phi) is 2.28. The van der Waals surface area contributed by atoms with Gasteiger partial charge in [-0.05, 0) is 19.8 Å². The van der Waals surface area contributed by atoms with Crippen molar-refractivity contribution in [3.63, 3.8) is 0 Å². The Morgan fingerprint density at radius 3 is 2.46 bits per heavy atom. The molecule has 0 aliphatic heterocycles. The fourth-order valence-corrected chi connectivity index (χ4v) is 1.09. The summed E-state index contributed by atoms with van der Waals surface area (Å²) in [6.45, 7) is 1.68. The summed E-state index contributed by atoms with van der Waals surface area (Å²) >= 11 is 0. The van der Waals surface area contributed by atoms with E-state index in [1.54, 1.807) is 6.92 Å². The molecule has 1 fully saturated rings. The minimum Gasteiger partial charge on any atom is -0.369 e. The number of terminal acetylenes is 1. The zero-order chi connectivity index (χ0) is 10.1. The lowest BCUT2D eigenvalue weighted by Gasteiger charge is -2.13. The van der Waals surface area contributed by atoms with Gasteiger partial charge in [0.25, 0.3) is 0 Å². The van der Waals surface area contributed by atoms with Crippen LogP contribution in [0, 0.1) is 17.8 Å². The lowest BCUT2D eigenvalue weighted by molar-refractivity contribution is -0.135. The van der Waals surface area contributed by atoms with Gasteiger partial charge >= 0.3 is 0 Å². The molecule has 1 unspecified atom stereocenters. The number of rotatable bonds is 3. The molecular formula is C9H12N2O2. The Morgan fingerprint density at radius 2 is 2.15 bits per heavy atom. The molecule has 1 aliphatic carbocycles. The van der Waals surface area contributed by atoms with Crippen molar-refractivity contribution in [3.8, 4) is 12.3 Å². The number of amides is 2. The first-order chi connectivity index (χ1) is 6.03. The van der Waals surface area contributed by atoms with Crippen LogP contribution in [0.5, 0.6) is 0 Å². The van der Waals surface area contributed by atoms with Gasteiger partial charge in [-0.25, -0.2) is 0 Å². The van der Waals surface area contributed by atoms with Crippen molar-refractivity contribution in [2.75, 3.05) is 0 Å². The number of hydrogen-bond acceptors (Lipinski definition) is 2. The molecule has 2 amide bonds. The van der Waals surface area contributed by atoms with Gasteiger partial charge in [-0.1, -0.05) is 5.92 Å². The molecular weight excluding hydrogens is 168 g/mol. The van der Waals surface area contributed by atoms with Crippen LogP contribution < -0.4 is 11.1 Å². The van der Waals surface area contributed by atoms with Gasteiger partial charge < -0.3 is 11.1 Å². The molecule has 4 heteroatoms. The largest absolute Gasteiger partial charge is 0.369 e. The molecule has 3 N–H and O–H groups in total. The normalized spacial score (nSPS) is 19.7. The molecule has 0 radical (unpaired) electrons. The minimum absolute atomic E-state index is 0.342. The Hall–Kier alpha value is -1.50.